The average Bonchev–Trinajstić information content (AvgIpc) is 3.20. The molecule has 3 rings (SSSR count). The molecule has 1 unspecified atom stereocenters. The molecule has 1 fully saturated rings. The lowest BCUT2D eigenvalue weighted by Crippen LogP contribution is -2.27. The Hall–Kier alpha value is -2.67. The number of rotatable bonds is 8. The molecule has 0 aliphatic carbocycles. The van der Waals surface area contributed by atoms with Crippen molar-refractivity contribution in [3.63, 3.8) is 0 Å². The van der Waals surface area contributed by atoms with E-state index in [1.807, 2.05) is 24.3 Å². The molecule has 1 aromatic heterocycles. The van der Waals surface area contributed by atoms with E-state index >= 15 is 0 Å². The highest BCUT2D eigenvalue weighted by Crippen LogP contribution is 2.13. The van der Waals surface area contributed by atoms with Gasteiger partial charge in [0.2, 0.25) is 0 Å². The molecule has 0 spiro atoms. The Labute approximate surface area is 153 Å². The van der Waals surface area contributed by atoms with Crippen LogP contribution in [0.4, 0.5) is 5.82 Å². The molecule has 1 aliphatic heterocycles. The Kier molecular flexibility index (Phi) is 6.38. The Balaban J connectivity index is 1.43. The summed E-state index contributed by atoms with van der Waals surface area (Å²) in [4.78, 5) is 12.2. The van der Waals surface area contributed by atoms with Gasteiger partial charge in [-0.15, -0.1) is 10.2 Å². The van der Waals surface area contributed by atoms with Crippen LogP contribution in [0.25, 0.3) is 0 Å². The summed E-state index contributed by atoms with van der Waals surface area (Å²) in [5.41, 5.74) is 1.41. The van der Waals surface area contributed by atoms with Crippen LogP contribution >= 0.6 is 0 Å². The molecule has 1 aliphatic rings. The zero-order valence-corrected chi connectivity index (χ0v) is 14.9. The molecule has 2 aromatic rings. The normalized spacial score (nSPS) is 16.3. The maximum Gasteiger partial charge on any atom is 0.271 e. The predicted molar refractivity (Wildman–Crippen MR) is 98.5 cm³/mol. The number of anilines is 1. The molecule has 7 heteroatoms. The van der Waals surface area contributed by atoms with E-state index in [1.165, 1.54) is 0 Å². The molecular weight excluding hydrogens is 332 g/mol. The van der Waals surface area contributed by atoms with E-state index in [0.717, 1.165) is 37.2 Å². The van der Waals surface area contributed by atoms with Crippen LogP contribution in [0.5, 0.6) is 5.75 Å². The van der Waals surface area contributed by atoms with Crippen molar-refractivity contribution in [2.45, 2.75) is 25.4 Å². The first-order valence-corrected chi connectivity index (χ1v) is 8.85. The van der Waals surface area contributed by atoms with Gasteiger partial charge >= 0.3 is 0 Å². The SMILES string of the molecule is COc1cccc(CCNC(=O)c2ccc(NCC3CCCO3)nn2)c1. The van der Waals surface area contributed by atoms with E-state index in [9.17, 15) is 4.79 Å². The van der Waals surface area contributed by atoms with Crippen molar-refractivity contribution in [3.8, 4) is 5.75 Å². The monoisotopic (exact) mass is 356 g/mol. The smallest absolute Gasteiger partial charge is 0.271 e. The number of aromatic nitrogens is 2. The number of hydrogen-bond donors (Lipinski definition) is 2. The molecule has 1 saturated heterocycles. The fourth-order valence-corrected chi connectivity index (χ4v) is 2.81. The number of ether oxygens (including phenoxy) is 2. The minimum absolute atomic E-state index is 0.230. The number of nitrogens with zero attached hydrogens (tertiary/aromatic N) is 2. The highest BCUT2D eigenvalue weighted by Gasteiger charge is 2.15. The maximum absolute atomic E-state index is 12.2. The van der Waals surface area contributed by atoms with Crippen LogP contribution in [0.2, 0.25) is 0 Å². The lowest BCUT2D eigenvalue weighted by Gasteiger charge is -2.11. The van der Waals surface area contributed by atoms with Gasteiger partial charge in [-0.1, -0.05) is 12.1 Å². The molecule has 2 N–H and O–H groups in total. The summed E-state index contributed by atoms with van der Waals surface area (Å²) in [5.74, 6) is 1.23. The Morgan fingerprint density at radius 2 is 2.23 bits per heavy atom. The van der Waals surface area contributed by atoms with Gasteiger partial charge in [-0.2, -0.15) is 0 Å². The average molecular weight is 356 g/mol. The maximum atomic E-state index is 12.2. The van der Waals surface area contributed by atoms with Crippen molar-refractivity contribution in [1.29, 1.82) is 0 Å². The quantitative estimate of drug-likeness (QED) is 0.753. The molecule has 138 valence electrons. The van der Waals surface area contributed by atoms with Crippen molar-refractivity contribution in [1.82, 2.24) is 15.5 Å². The largest absolute Gasteiger partial charge is 0.497 e. The third-order valence-electron chi connectivity index (χ3n) is 4.27. The van der Waals surface area contributed by atoms with Gasteiger partial charge in [0.05, 0.1) is 13.2 Å². The lowest BCUT2D eigenvalue weighted by atomic mass is 10.1. The lowest BCUT2D eigenvalue weighted by molar-refractivity contribution is 0.0948. The third-order valence-corrected chi connectivity index (χ3v) is 4.27. The van der Waals surface area contributed by atoms with Crippen molar-refractivity contribution in [2.75, 3.05) is 32.1 Å². The minimum Gasteiger partial charge on any atom is -0.497 e. The number of methoxy groups -OCH3 is 1. The van der Waals surface area contributed by atoms with E-state index in [0.29, 0.717) is 24.6 Å². The molecule has 1 amide bonds. The van der Waals surface area contributed by atoms with E-state index in [1.54, 1.807) is 19.2 Å². The van der Waals surface area contributed by atoms with Crippen molar-refractivity contribution in [2.24, 2.45) is 0 Å². The summed E-state index contributed by atoms with van der Waals surface area (Å²) < 4.78 is 10.7. The summed E-state index contributed by atoms with van der Waals surface area (Å²) in [6.07, 6.45) is 3.12. The summed E-state index contributed by atoms with van der Waals surface area (Å²) in [5, 5.41) is 14.1. The first-order valence-electron chi connectivity index (χ1n) is 8.85. The molecule has 1 atom stereocenters. The van der Waals surface area contributed by atoms with Gasteiger partial charge in [-0.3, -0.25) is 4.79 Å². The highest BCUT2D eigenvalue weighted by atomic mass is 16.5. The Morgan fingerprint density at radius 1 is 1.31 bits per heavy atom. The second-order valence-electron chi connectivity index (χ2n) is 6.18. The summed E-state index contributed by atoms with van der Waals surface area (Å²) in [6, 6.07) is 11.2. The number of benzene rings is 1. The number of amides is 1. The highest BCUT2D eigenvalue weighted by molar-refractivity contribution is 5.92. The third kappa shape index (κ3) is 5.16. The number of hydrogen-bond acceptors (Lipinski definition) is 6. The second kappa shape index (κ2) is 9.15. The van der Waals surface area contributed by atoms with Gasteiger partial charge in [0.15, 0.2) is 5.69 Å². The molecule has 0 radical (unpaired) electrons. The zero-order chi connectivity index (χ0) is 18.2. The van der Waals surface area contributed by atoms with Crippen LogP contribution in [-0.2, 0) is 11.2 Å². The molecule has 0 saturated carbocycles. The van der Waals surface area contributed by atoms with Crippen molar-refractivity contribution < 1.29 is 14.3 Å². The summed E-state index contributed by atoms with van der Waals surface area (Å²) in [7, 11) is 1.64. The predicted octanol–water partition coefficient (Wildman–Crippen LogP) is 2.05. The fraction of sp³-hybridized carbons (Fsp3) is 0.421. The Bertz CT molecular complexity index is 715. The molecule has 2 heterocycles. The van der Waals surface area contributed by atoms with Gasteiger partial charge < -0.3 is 20.1 Å². The van der Waals surface area contributed by atoms with E-state index in [2.05, 4.69) is 20.8 Å². The van der Waals surface area contributed by atoms with Crippen LogP contribution in [0, 0.1) is 0 Å². The van der Waals surface area contributed by atoms with Crippen LogP contribution in [-0.4, -0.2) is 49.0 Å². The van der Waals surface area contributed by atoms with Crippen LogP contribution < -0.4 is 15.4 Å². The van der Waals surface area contributed by atoms with Crippen LogP contribution in [0.15, 0.2) is 36.4 Å². The standard InChI is InChI=1S/C19H24N4O3/c1-25-15-5-2-4-14(12-15)9-10-20-19(24)17-7-8-18(23-22-17)21-13-16-6-3-11-26-16/h2,4-5,7-8,12,16H,3,6,9-11,13H2,1H3,(H,20,24)(H,21,23). The minimum atomic E-state index is -0.230. The van der Waals surface area contributed by atoms with E-state index in [-0.39, 0.29) is 12.0 Å². The van der Waals surface area contributed by atoms with Gasteiger partial charge in [0.1, 0.15) is 11.6 Å². The van der Waals surface area contributed by atoms with Gasteiger partial charge in [-0.05, 0) is 49.1 Å². The second-order valence-corrected chi connectivity index (χ2v) is 6.18. The van der Waals surface area contributed by atoms with E-state index < -0.39 is 0 Å². The first kappa shape index (κ1) is 18.1. The Morgan fingerprint density at radius 3 is 2.96 bits per heavy atom. The number of carbonyl (C=O) groups is 1. The summed E-state index contributed by atoms with van der Waals surface area (Å²) in [6.45, 7) is 2.06. The van der Waals surface area contributed by atoms with Gasteiger partial charge in [0.25, 0.3) is 5.91 Å². The number of carbonyl (C=O) groups excluding carboxylic acids is 1. The number of nitrogens with one attached hydrogen (secondary N) is 2. The molecule has 26 heavy (non-hydrogen) atoms. The fourth-order valence-electron chi connectivity index (χ4n) is 2.81. The van der Waals surface area contributed by atoms with Crippen LogP contribution in [0.1, 0.15) is 28.9 Å². The van der Waals surface area contributed by atoms with Crippen molar-refractivity contribution in [3.05, 3.63) is 47.7 Å². The molecule has 1 aromatic carbocycles. The van der Waals surface area contributed by atoms with E-state index in [4.69, 9.17) is 9.47 Å². The van der Waals surface area contributed by atoms with Crippen molar-refractivity contribution >= 4 is 11.7 Å². The molecule has 0 bridgehead atoms. The van der Waals surface area contributed by atoms with Gasteiger partial charge in [-0.25, -0.2) is 0 Å². The molecular formula is C19H24N4O3. The first-order chi connectivity index (χ1) is 12.7. The van der Waals surface area contributed by atoms with Crippen LogP contribution in [0.3, 0.4) is 0 Å². The zero-order valence-electron chi connectivity index (χ0n) is 14.9. The van der Waals surface area contributed by atoms with Gasteiger partial charge in [0, 0.05) is 19.7 Å². The topological polar surface area (TPSA) is 85.4 Å². The molecule has 7 nitrogen and oxygen atoms in total. The summed E-state index contributed by atoms with van der Waals surface area (Å²) >= 11 is 0.